The van der Waals surface area contributed by atoms with E-state index in [1.807, 2.05) is 6.92 Å². The monoisotopic (exact) mass is 267 g/mol. The van der Waals surface area contributed by atoms with Gasteiger partial charge in [-0.3, -0.25) is 0 Å². The fourth-order valence-electron chi connectivity index (χ4n) is 1.39. The van der Waals surface area contributed by atoms with E-state index in [-0.39, 0.29) is 11.4 Å². The predicted molar refractivity (Wildman–Crippen MR) is 64.2 cm³/mol. The molecule has 0 aliphatic rings. The van der Waals surface area contributed by atoms with Crippen LogP contribution in [0.15, 0.2) is 29.2 Å². The zero-order valence-corrected chi connectivity index (χ0v) is 10.6. The highest BCUT2D eigenvalue weighted by molar-refractivity contribution is 7.89. The van der Waals surface area contributed by atoms with Crippen LogP contribution in [0.25, 0.3) is 0 Å². The van der Waals surface area contributed by atoms with Gasteiger partial charge in [-0.25, -0.2) is 13.1 Å². The first-order valence-corrected chi connectivity index (χ1v) is 6.85. The van der Waals surface area contributed by atoms with Gasteiger partial charge < -0.3 is 0 Å². The molecule has 0 atom stereocenters. The molecule has 0 spiro atoms. The summed E-state index contributed by atoms with van der Waals surface area (Å²) in [6.07, 6.45) is 0.390. The third-order valence-electron chi connectivity index (χ3n) is 2.36. The first-order valence-electron chi connectivity index (χ1n) is 5.36. The number of nitrogens with one attached hydrogen (secondary N) is 2. The number of tetrazole rings is 1. The molecule has 0 aliphatic heterocycles. The number of benzene rings is 1. The Morgan fingerprint density at radius 2 is 2.00 bits per heavy atom. The summed E-state index contributed by atoms with van der Waals surface area (Å²) < 4.78 is 26.3. The van der Waals surface area contributed by atoms with Gasteiger partial charge >= 0.3 is 0 Å². The number of nitrogens with zero attached hydrogens (tertiary/aromatic N) is 3. The largest absolute Gasteiger partial charge is 0.240 e. The minimum Gasteiger partial charge on any atom is -0.211 e. The standard InChI is InChI=1S/C10H13N5O2S/c1-8-2-4-9(5-3-8)18(16,17)11-7-6-10-12-14-15-13-10/h2-5,11H,6-7H2,1H3,(H,12,13,14,15). The molecule has 2 N–H and O–H groups in total. The minimum atomic E-state index is -3.47. The Bertz CT molecular complexity index is 592. The molecule has 0 saturated carbocycles. The SMILES string of the molecule is Cc1ccc(S(=O)(=O)NCCc2nn[nH]n2)cc1. The molecule has 0 amide bonds. The van der Waals surface area contributed by atoms with Crippen molar-refractivity contribution in [3.63, 3.8) is 0 Å². The maximum atomic E-state index is 11.9. The van der Waals surface area contributed by atoms with E-state index < -0.39 is 10.0 Å². The van der Waals surface area contributed by atoms with Gasteiger partial charge in [-0.15, -0.1) is 10.2 Å². The van der Waals surface area contributed by atoms with Crippen LogP contribution >= 0.6 is 0 Å². The van der Waals surface area contributed by atoms with E-state index in [0.29, 0.717) is 12.2 Å². The molecule has 1 aromatic carbocycles. The molecule has 0 radical (unpaired) electrons. The fraction of sp³-hybridized carbons (Fsp3) is 0.300. The molecule has 1 aromatic heterocycles. The zero-order chi connectivity index (χ0) is 13.0. The third-order valence-corrected chi connectivity index (χ3v) is 3.84. The number of H-pyrrole nitrogens is 1. The van der Waals surface area contributed by atoms with Crippen molar-refractivity contribution in [3.05, 3.63) is 35.7 Å². The van der Waals surface area contributed by atoms with Crippen molar-refractivity contribution < 1.29 is 8.42 Å². The second-order valence-electron chi connectivity index (χ2n) is 3.79. The summed E-state index contributed by atoms with van der Waals surface area (Å²) in [5.74, 6) is 0.474. The van der Waals surface area contributed by atoms with Crippen molar-refractivity contribution in [2.45, 2.75) is 18.2 Å². The van der Waals surface area contributed by atoms with E-state index in [4.69, 9.17) is 0 Å². The van der Waals surface area contributed by atoms with Crippen LogP contribution in [0.1, 0.15) is 11.4 Å². The summed E-state index contributed by atoms with van der Waals surface area (Å²) in [6.45, 7) is 2.13. The molecular formula is C10H13N5O2S. The molecule has 0 aliphatic carbocycles. The Kier molecular flexibility index (Phi) is 3.68. The molecule has 18 heavy (non-hydrogen) atoms. The number of hydrogen-bond acceptors (Lipinski definition) is 5. The summed E-state index contributed by atoms with van der Waals surface area (Å²) >= 11 is 0. The maximum Gasteiger partial charge on any atom is 0.240 e. The van der Waals surface area contributed by atoms with Crippen LogP contribution in [-0.2, 0) is 16.4 Å². The van der Waals surface area contributed by atoms with Crippen LogP contribution in [0.2, 0.25) is 0 Å². The zero-order valence-electron chi connectivity index (χ0n) is 9.79. The predicted octanol–water partition coefficient (Wildman–Crippen LogP) is 0.0291. The number of rotatable bonds is 5. The lowest BCUT2D eigenvalue weighted by molar-refractivity contribution is 0.581. The number of aromatic nitrogens is 4. The normalized spacial score (nSPS) is 11.6. The van der Waals surface area contributed by atoms with Crippen LogP contribution in [-0.4, -0.2) is 35.6 Å². The maximum absolute atomic E-state index is 11.9. The number of aryl methyl sites for hydroxylation is 1. The molecule has 0 fully saturated rings. The van der Waals surface area contributed by atoms with Gasteiger partial charge in [0, 0.05) is 13.0 Å². The van der Waals surface area contributed by atoms with Crippen molar-refractivity contribution >= 4 is 10.0 Å². The molecule has 8 heteroatoms. The van der Waals surface area contributed by atoms with Crippen LogP contribution in [0, 0.1) is 6.92 Å². The van der Waals surface area contributed by atoms with Gasteiger partial charge in [0.1, 0.15) is 0 Å². The van der Waals surface area contributed by atoms with Gasteiger partial charge in [-0.05, 0) is 19.1 Å². The molecule has 96 valence electrons. The van der Waals surface area contributed by atoms with Gasteiger partial charge in [0.15, 0.2) is 5.82 Å². The van der Waals surface area contributed by atoms with Crippen LogP contribution in [0.4, 0.5) is 0 Å². The summed E-state index contributed by atoms with van der Waals surface area (Å²) in [6, 6.07) is 6.67. The first kappa shape index (κ1) is 12.7. The summed E-state index contributed by atoms with van der Waals surface area (Å²) in [5, 5.41) is 13.2. The average Bonchev–Trinajstić information content (AvgIpc) is 2.82. The lowest BCUT2D eigenvalue weighted by Gasteiger charge is -2.05. The Labute approximate surface area is 105 Å². The van der Waals surface area contributed by atoms with E-state index in [2.05, 4.69) is 25.3 Å². The number of hydrogen-bond donors (Lipinski definition) is 2. The van der Waals surface area contributed by atoms with Crippen LogP contribution < -0.4 is 4.72 Å². The molecule has 0 unspecified atom stereocenters. The third kappa shape index (κ3) is 3.11. The quantitative estimate of drug-likeness (QED) is 0.796. The van der Waals surface area contributed by atoms with Crippen molar-refractivity contribution in [2.75, 3.05) is 6.54 Å². The highest BCUT2D eigenvalue weighted by atomic mass is 32.2. The second kappa shape index (κ2) is 5.23. The summed E-state index contributed by atoms with van der Waals surface area (Å²) in [7, 11) is -3.47. The smallest absolute Gasteiger partial charge is 0.211 e. The van der Waals surface area contributed by atoms with Crippen LogP contribution in [0.5, 0.6) is 0 Å². The van der Waals surface area contributed by atoms with E-state index in [0.717, 1.165) is 5.56 Å². The van der Waals surface area contributed by atoms with Crippen LogP contribution in [0.3, 0.4) is 0 Å². The Balaban J connectivity index is 1.97. The molecule has 0 saturated heterocycles. The van der Waals surface area contributed by atoms with E-state index in [9.17, 15) is 8.42 Å². The lowest BCUT2D eigenvalue weighted by Crippen LogP contribution is -2.26. The van der Waals surface area contributed by atoms with Gasteiger partial charge in [0.25, 0.3) is 0 Å². The topological polar surface area (TPSA) is 101 Å². The Hall–Kier alpha value is -1.80. The molecular weight excluding hydrogens is 254 g/mol. The van der Waals surface area contributed by atoms with Crippen molar-refractivity contribution in [1.82, 2.24) is 25.3 Å². The van der Waals surface area contributed by atoms with Crippen molar-refractivity contribution in [2.24, 2.45) is 0 Å². The Morgan fingerprint density at radius 1 is 1.28 bits per heavy atom. The lowest BCUT2D eigenvalue weighted by atomic mass is 10.2. The number of aromatic amines is 1. The average molecular weight is 267 g/mol. The van der Waals surface area contributed by atoms with Gasteiger partial charge in [-0.1, -0.05) is 22.9 Å². The summed E-state index contributed by atoms with van der Waals surface area (Å²) in [4.78, 5) is 0.251. The Morgan fingerprint density at radius 3 is 2.61 bits per heavy atom. The van der Waals surface area contributed by atoms with Crippen molar-refractivity contribution in [1.29, 1.82) is 0 Å². The van der Waals surface area contributed by atoms with Crippen molar-refractivity contribution in [3.8, 4) is 0 Å². The highest BCUT2D eigenvalue weighted by Gasteiger charge is 2.13. The van der Waals surface area contributed by atoms with E-state index >= 15 is 0 Å². The highest BCUT2D eigenvalue weighted by Crippen LogP contribution is 2.09. The molecule has 1 heterocycles. The second-order valence-corrected chi connectivity index (χ2v) is 5.56. The van der Waals surface area contributed by atoms with Gasteiger partial charge in [-0.2, -0.15) is 5.21 Å². The minimum absolute atomic E-state index is 0.232. The fourth-order valence-corrected chi connectivity index (χ4v) is 2.42. The number of sulfonamides is 1. The van der Waals surface area contributed by atoms with Gasteiger partial charge in [0.2, 0.25) is 10.0 Å². The first-order chi connectivity index (χ1) is 8.58. The summed E-state index contributed by atoms with van der Waals surface area (Å²) in [5.41, 5.74) is 1.01. The van der Waals surface area contributed by atoms with E-state index in [1.54, 1.807) is 24.3 Å². The molecule has 0 bridgehead atoms. The molecule has 2 aromatic rings. The molecule has 2 rings (SSSR count). The van der Waals surface area contributed by atoms with E-state index in [1.165, 1.54) is 0 Å². The van der Waals surface area contributed by atoms with Gasteiger partial charge in [0.05, 0.1) is 4.90 Å². The molecule has 7 nitrogen and oxygen atoms in total.